The molecule has 0 saturated carbocycles. The molecule has 0 radical (unpaired) electrons. The molecule has 0 bridgehead atoms. The van der Waals surface area contributed by atoms with E-state index in [9.17, 15) is 15.3 Å². The van der Waals surface area contributed by atoms with E-state index in [1.807, 2.05) is 13.0 Å². The lowest BCUT2D eigenvalue weighted by Crippen LogP contribution is -2.13. The van der Waals surface area contributed by atoms with Crippen molar-refractivity contribution in [2.45, 2.75) is 6.92 Å². The van der Waals surface area contributed by atoms with Gasteiger partial charge in [0.25, 0.3) is 0 Å². The number of rotatable bonds is 2. The SMILES string of the molecule is COC(=O)c1c(N)c(C#N)cn1-c1c(I)cc(C#N)c(C)c1I. The minimum absolute atomic E-state index is 0.0768. The summed E-state index contributed by atoms with van der Waals surface area (Å²) in [7, 11) is 1.26. The molecule has 0 saturated heterocycles. The number of nitrogen functional groups attached to an aromatic ring is 1. The van der Waals surface area contributed by atoms with Gasteiger partial charge in [-0.25, -0.2) is 4.79 Å². The normalized spacial score (nSPS) is 10.0. The minimum atomic E-state index is -0.627. The maximum absolute atomic E-state index is 12.1. The summed E-state index contributed by atoms with van der Waals surface area (Å²) in [5.74, 6) is -0.627. The predicted molar refractivity (Wildman–Crippen MR) is 101 cm³/mol. The Morgan fingerprint density at radius 1 is 1.30 bits per heavy atom. The molecular formula is C15H10I2N4O2. The summed E-state index contributed by atoms with van der Waals surface area (Å²) in [5.41, 5.74) is 8.34. The lowest BCUT2D eigenvalue weighted by Gasteiger charge is -2.15. The first kappa shape index (κ1) is 17.6. The highest BCUT2D eigenvalue weighted by Crippen LogP contribution is 2.33. The summed E-state index contributed by atoms with van der Waals surface area (Å²) < 4.78 is 7.90. The summed E-state index contributed by atoms with van der Waals surface area (Å²) in [6.07, 6.45) is 1.51. The van der Waals surface area contributed by atoms with Crippen molar-refractivity contribution in [1.29, 1.82) is 10.5 Å². The van der Waals surface area contributed by atoms with Crippen LogP contribution in [-0.4, -0.2) is 17.6 Å². The highest BCUT2D eigenvalue weighted by Gasteiger charge is 2.25. The second-order valence-electron chi connectivity index (χ2n) is 4.58. The molecule has 1 aromatic heterocycles. The zero-order valence-corrected chi connectivity index (χ0v) is 16.5. The maximum atomic E-state index is 12.1. The number of esters is 1. The molecule has 0 spiro atoms. The van der Waals surface area contributed by atoms with Crippen molar-refractivity contribution in [3.63, 3.8) is 0 Å². The van der Waals surface area contributed by atoms with Gasteiger partial charge >= 0.3 is 5.97 Å². The topological polar surface area (TPSA) is 105 Å². The maximum Gasteiger partial charge on any atom is 0.357 e. The van der Waals surface area contributed by atoms with Gasteiger partial charge < -0.3 is 15.0 Å². The van der Waals surface area contributed by atoms with E-state index in [2.05, 4.69) is 51.3 Å². The van der Waals surface area contributed by atoms with Gasteiger partial charge in [-0.2, -0.15) is 10.5 Å². The molecule has 1 heterocycles. The van der Waals surface area contributed by atoms with E-state index in [0.717, 1.165) is 12.7 Å². The van der Waals surface area contributed by atoms with E-state index in [1.54, 1.807) is 10.6 Å². The second-order valence-corrected chi connectivity index (χ2v) is 6.82. The number of carbonyl (C=O) groups excluding carboxylic acids is 1. The van der Waals surface area contributed by atoms with Gasteiger partial charge in [0.2, 0.25) is 0 Å². The van der Waals surface area contributed by atoms with Crippen LogP contribution >= 0.6 is 45.2 Å². The fraction of sp³-hybridized carbons (Fsp3) is 0.133. The Morgan fingerprint density at radius 2 is 1.91 bits per heavy atom. The van der Waals surface area contributed by atoms with Crippen LogP contribution in [0.3, 0.4) is 0 Å². The number of halogens is 2. The van der Waals surface area contributed by atoms with E-state index in [-0.39, 0.29) is 16.9 Å². The van der Waals surface area contributed by atoms with Crippen LogP contribution < -0.4 is 5.73 Å². The van der Waals surface area contributed by atoms with Crippen molar-refractivity contribution >= 4 is 56.8 Å². The molecule has 0 unspecified atom stereocenters. The van der Waals surface area contributed by atoms with Gasteiger partial charge in [0.1, 0.15) is 6.07 Å². The summed E-state index contributed by atoms with van der Waals surface area (Å²) in [4.78, 5) is 12.1. The van der Waals surface area contributed by atoms with Crippen LogP contribution in [0, 0.1) is 36.7 Å². The number of hydrogen-bond donors (Lipinski definition) is 1. The van der Waals surface area contributed by atoms with Crippen LogP contribution in [0.1, 0.15) is 27.2 Å². The second kappa shape index (κ2) is 6.76. The number of carbonyl (C=O) groups is 1. The third kappa shape index (κ3) is 2.88. The Hall–Kier alpha value is -1.79. The van der Waals surface area contributed by atoms with Crippen molar-refractivity contribution in [3.05, 3.63) is 41.8 Å². The molecule has 0 atom stereocenters. The zero-order chi connectivity index (χ0) is 17.3. The fourth-order valence-corrected chi connectivity index (χ4v) is 4.33. The molecule has 0 aliphatic carbocycles. The molecular weight excluding hydrogens is 522 g/mol. The van der Waals surface area contributed by atoms with Crippen LogP contribution in [0.15, 0.2) is 12.3 Å². The van der Waals surface area contributed by atoms with Crippen LogP contribution in [0.25, 0.3) is 5.69 Å². The number of ether oxygens (including phenoxy) is 1. The summed E-state index contributed by atoms with van der Waals surface area (Å²) >= 11 is 4.20. The molecule has 0 aliphatic rings. The summed E-state index contributed by atoms with van der Waals surface area (Å²) in [5, 5.41) is 18.4. The third-order valence-electron chi connectivity index (χ3n) is 3.34. The minimum Gasteiger partial charge on any atom is -0.464 e. The van der Waals surface area contributed by atoms with Gasteiger partial charge in [-0.3, -0.25) is 0 Å². The van der Waals surface area contributed by atoms with Gasteiger partial charge in [0.15, 0.2) is 5.69 Å². The van der Waals surface area contributed by atoms with Crippen molar-refractivity contribution in [2.24, 2.45) is 0 Å². The van der Waals surface area contributed by atoms with Gasteiger partial charge in [0.05, 0.1) is 35.7 Å². The van der Waals surface area contributed by atoms with E-state index in [4.69, 9.17) is 10.5 Å². The number of aromatic nitrogens is 1. The number of nitrogens with zero attached hydrogens (tertiary/aromatic N) is 3. The Labute approximate surface area is 160 Å². The predicted octanol–water partition coefficient (Wildman–Crippen LogP) is 3.11. The number of anilines is 1. The average Bonchev–Trinajstić information content (AvgIpc) is 2.86. The molecule has 0 aliphatic heterocycles. The summed E-state index contributed by atoms with van der Waals surface area (Å²) in [6.45, 7) is 1.83. The van der Waals surface area contributed by atoms with Crippen LogP contribution in [0.2, 0.25) is 0 Å². The summed E-state index contributed by atoms with van der Waals surface area (Å²) in [6, 6.07) is 5.85. The molecule has 2 aromatic rings. The molecule has 0 fully saturated rings. The standard InChI is InChI=1S/C15H10I2N4O2/c1-7-8(4-18)3-10(16)13(11(7)17)21-6-9(5-19)12(20)14(21)15(22)23-2/h3,6H,20H2,1-2H3. The Morgan fingerprint density at radius 3 is 2.43 bits per heavy atom. The quantitative estimate of drug-likeness (QED) is 0.473. The molecule has 116 valence electrons. The lowest BCUT2D eigenvalue weighted by atomic mass is 10.1. The van der Waals surface area contributed by atoms with Crippen LogP contribution in [0.4, 0.5) is 5.69 Å². The first-order valence-electron chi connectivity index (χ1n) is 6.25. The average molecular weight is 532 g/mol. The van der Waals surface area contributed by atoms with Gasteiger partial charge in [0, 0.05) is 13.3 Å². The fourth-order valence-electron chi connectivity index (χ4n) is 2.13. The van der Waals surface area contributed by atoms with Gasteiger partial charge in [-0.1, -0.05) is 0 Å². The number of nitrogens with two attached hydrogens (primary N) is 1. The highest BCUT2D eigenvalue weighted by molar-refractivity contribution is 14.1. The zero-order valence-electron chi connectivity index (χ0n) is 12.1. The van der Waals surface area contributed by atoms with E-state index < -0.39 is 5.97 Å². The first-order valence-corrected chi connectivity index (χ1v) is 8.41. The van der Waals surface area contributed by atoms with E-state index in [0.29, 0.717) is 11.3 Å². The lowest BCUT2D eigenvalue weighted by molar-refractivity contribution is 0.0593. The molecule has 23 heavy (non-hydrogen) atoms. The Balaban J connectivity index is 2.89. The Bertz CT molecular complexity index is 904. The molecule has 8 heteroatoms. The van der Waals surface area contributed by atoms with Crippen molar-refractivity contribution in [2.75, 3.05) is 12.8 Å². The first-order chi connectivity index (χ1) is 10.9. The highest BCUT2D eigenvalue weighted by atomic mass is 127. The van der Waals surface area contributed by atoms with Gasteiger partial charge in [-0.15, -0.1) is 0 Å². The van der Waals surface area contributed by atoms with Crippen molar-refractivity contribution < 1.29 is 9.53 Å². The van der Waals surface area contributed by atoms with Crippen molar-refractivity contribution in [1.82, 2.24) is 4.57 Å². The van der Waals surface area contributed by atoms with E-state index >= 15 is 0 Å². The molecule has 2 rings (SSSR count). The van der Waals surface area contributed by atoms with Gasteiger partial charge in [-0.05, 0) is 63.7 Å². The smallest absolute Gasteiger partial charge is 0.357 e. The monoisotopic (exact) mass is 532 g/mol. The Kier molecular flexibility index (Phi) is 5.16. The largest absolute Gasteiger partial charge is 0.464 e. The number of nitriles is 2. The van der Waals surface area contributed by atoms with Crippen molar-refractivity contribution in [3.8, 4) is 17.8 Å². The van der Waals surface area contributed by atoms with Crippen LogP contribution in [0.5, 0.6) is 0 Å². The van der Waals surface area contributed by atoms with Crippen LogP contribution in [-0.2, 0) is 4.74 Å². The molecule has 0 amide bonds. The molecule has 6 nitrogen and oxygen atoms in total. The number of methoxy groups -OCH3 is 1. The number of hydrogen-bond acceptors (Lipinski definition) is 5. The number of benzene rings is 1. The molecule has 1 aromatic carbocycles. The van der Waals surface area contributed by atoms with E-state index in [1.165, 1.54) is 13.3 Å². The molecule has 2 N–H and O–H groups in total. The third-order valence-corrected chi connectivity index (χ3v) is 5.49.